The SMILES string of the molecule is CN(C)C(N)=CC(N)=Nc1cccc(OCc2ccccc2)c1. The van der Waals surface area contributed by atoms with E-state index in [0.29, 0.717) is 18.3 Å². The third-order valence-electron chi connectivity index (χ3n) is 3.14. The van der Waals surface area contributed by atoms with Crippen LogP contribution in [0.4, 0.5) is 5.69 Å². The molecule has 0 bridgehead atoms. The summed E-state index contributed by atoms with van der Waals surface area (Å²) in [4.78, 5) is 6.09. The van der Waals surface area contributed by atoms with Crippen molar-refractivity contribution in [1.29, 1.82) is 0 Å². The summed E-state index contributed by atoms with van der Waals surface area (Å²) in [5.41, 5.74) is 13.5. The van der Waals surface area contributed by atoms with E-state index in [-0.39, 0.29) is 0 Å². The Hall–Kier alpha value is -2.95. The van der Waals surface area contributed by atoms with Crippen molar-refractivity contribution >= 4 is 11.5 Å². The Morgan fingerprint density at radius 1 is 1.09 bits per heavy atom. The van der Waals surface area contributed by atoms with Gasteiger partial charge in [0.2, 0.25) is 0 Å². The van der Waals surface area contributed by atoms with Gasteiger partial charge in [0.1, 0.15) is 24.0 Å². The van der Waals surface area contributed by atoms with Gasteiger partial charge < -0.3 is 21.1 Å². The monoisotopic (exact) mass is 310 g/mol. The van der Waals surface area contributed by atoms with Gasteiger partial charge >= 0.3 is 0 Å². The standard InChI is InChI=1S/C18H22N4O/c1-22(2)18(20)12-17(19)21-15-9-6-10-16(11-15)23-13-14-7-4-3-5-8-14/h3-12H,13,20H2,1-2H3,(H2,19,21). The molecule has 0 saturated carbocycles. The molecule has 0 heterocycles. The van der Waals surface area contributed by atoms with Crippen molar-refractivity contribution in [2.75, 3.05) is 14.1 Å². The molecule has 0 atom stereocenters. The molecule has 0 aliphatic rings. The maximum Gasteiger partial charge on any atom is 0.127 e. The van der Waals surface area contributed by atoms with Gasteiger partial charge in [0, 0.05) is 26.2 Å². The summed E-state index contributed by atoms with van der Waals surface area (Å²) < 4.78 is 5.78. The van der Waals surface area contributed by atoms with Crippen LogP contribution in [-0.4, -0.2) is 24.8 Å². The average Bonchev–Trinajstić information content (AvgIpc) is 2.54. The number of hydrogen-bond acceptors (Lipinski definition) is 4. The summed E-state index contributed by atoms with van der Waals surface area (Å²) in [5, 5.41) is 0. The number of nitrogens with zero attached hydrogens (tertiary/aromatic N) is 2. The molecule has 5 heteroatoms. The number of benzene rings is 2. The molecule has 2 aromatic rings. The molecule has 0 spiro atoms. The molecule has 23 heavy (non-hydrogen) atoms. The summed E-state index contributed by atoms with van der Waals surface area (Å²) in [6.45, 7) is 0.511. The third kappa shape index (κ3) is 5.39. The Kier molecular flexibility index (Phi) is 5.63. The van der Waals surface area contributed by atoms with Gasteiger partial charge in [0.25, 0.3) is 0 Å². The minimum atomic E-state index is 0.344. The smallest absolute Gasteiger partial charge is 0.127 e. The van der Waals surface area contributed by atoms with E-state index in [1.807, 2.05) is 68.7 Å². The molecule has 0 radical (unpaired) electrons. The normalized spacial score (nSPS) is 12.1. The van der Waals surface area contributed by atoms with Crippen LogP contribution in [0.15, 0.2) is 71.5 Å². The first kappa shape index (κ1) is 16.4. The van der Waals surface area contributed by atoms with Crippen LogP contribution in [0.1, 0.15) is 5.56 Å². The van der Waals surface area contributed by atoms with Crippen molar-refractivity contribution in [3.8, 4) is 5.75 Å². The molecule has 4 N–H and O–H groups in total. The molecular formula is C18H22N4O. The van der Waals surface area contributed by atoms with E-state index in [1.165, 1.54) is 0 Å². The lowest BCUT2D eigenvalue weighted by Crippen LogP contribution is -2.21. The van der Waals surface area contributed by atoms with E-state index in [9.17, 15) is 0 Å². The fraction of sp³-hybridized carbons (Fsp3) is 0.167. The molecule has 0 fully saturated rings. The van der Waals surface area contributed by atoms with Crippen molar-refractivity contribution in [2.24, 2.45) is 16.5 Å². The Labute approximate surface area is 136 Å². The van der Waals surface area contributed by atoms with Crippen LogP contribution in [-0.2, 0) is 6.61 Å². The summed E-state index contributed by atoms with van der Waals surface area (Å²) in [5.74, 6) is 1.63. The van der Waals surface area contributed by atoms with Gasteiger partial charge in [-0.3, -0.25) is 0 Å². The first-order chi connectivity index (χ1) is 11.0. The van der Waals surface area contributed by atoms with Crippen LogP contribution in [0.3, 0.4) is 0 Å². The second kappa shape index (κ2) is 7.89. The molecule has 0 saturated heterocycles. The highest BCUT2D eigenvalue weighted by Crippen LogP contribution is 2.21. The van der Waals surface area contributed by atoms with E-state index in [2.05, 4.69) is 4.99 Å². The molecule has 2 rings (SSSR count). The number of aliphatic imine (C=N–C) groups is 1. The van der Waals surface area contributed by atoms with Crippen molar-refractivity contribution in [2.45, 2.75) is 6.61 Å². The molecular weight excluding hydrogens is 288 g/mol. The van der Waals surface area contributed by atoms with Crippen molar-refractivity contribution in [3.05, 3.63) is 72.1 Å². The van der Waals surface area contributed by atoms with Crippen LogP contribution in [0.5, 0.6) is 5.75 Å². The van der Waals surface area contributed by atoms with Gasteiger partial charge in [-0.25, -0.2) is 4.99 Å². The molecule has 0 amide bonds. The number of hydrogen-bond donors (Lipinski definition) is 2. The largest absolute Gasteiger partial charge is 0.489 e. The van der Waals surface area contributed by atoms with Crippen LogP contribution in [0.2, 0.25) is 0 Å². The minimum absolute atomic E-state index is 0.344. The maximum absolute atomic E-state index is 5.89. The second-order valence-corrected chi connectivity index (χ2v) is 5.27. The second-order valence-electron chi connectivity index (χ2n) is 5.27. The van der Waals surface area contributed by atoms with Gasteiger partial charge in [-0.1, -0.05) is 36.4 Å². The van der Waals surface area contributed by atoms with E-state index in [4.69, 9.17) is 16.2 Å². The lowest BCUT2D eigenvalue weighted by atomic mass is 10.2. The molecule has 0 aromatic heterocycles. The predicted molar refractivity (Wildman–Crippen MR) is 94.5 cm³/mol. The number of amidine groups is 1. The van der Waals surface area contributed by atoms with E-state index in [0.717, 1.165) is 17.0 Å². The molecule has 5 nitrogen and oxygen atoms in total. The van der Waals surface area contributed by atoms with Crippen LogP contribution >= 0.6 is 0 Å². The van der Waals surface area contributed by atoms with E-state index >= 15 is 0 Å². The number of rotatable bonds is 6. The van der Waals surface area contributed by atoms with Gasteiger partial charge in [-0.2, -0.15) is 0 Å². The lowest BCUT2D eigenvalue weighted by molar-refractivity contribution is 0.306. The van der Waals surface area contributed by atoms with E-state index in [1.54, 1.807) is 11.0 Å². The zero-order valence-corrected chi connectivity index (χ0v) is 13.4. The number of nitrogens with two attached hydrogens (primary N) is 2. The van der Waals surface area contributed by atoms with Crippen molar-refractivity contribution in [3.63, 3.8) is 0 Å². The Balaban J connectivity index is 2.06. The Bertz CT molecular complexity index is 693. The summed E-state index contributed by atoms with van der Waals surface area (Å²) in [7, 11) is 3.69. The predicted octanol–water partition coefficient (Wildman–Crippen LogP) is 2.62. The van der Waals surface area contributed by atoms with Crippen LogP contribution < -0.4 is 16.2 Å². The van der Waals surface area contributed by atoms with Gasteiger partial charge in [0.05, 0.1) is 5.69 Å². The summed E-state index contributed by atoms with van der Waals surface area (Å²) in [6.07, 6.45) is 1.62. The van der Waals surface area contributed by atoms with E-state index < -0.39 is 0 Å². The molecule has 0 unspecified atom stereocenters. The zero-order valence-electron chi connectivity index (χ0n) is 13.4. The van der Waals surface area contributed by atoms with Crippen molar-refractivity contribution in [1.82, 2.24) is 4.90 Å². The summed E-state index contributed by atoms with van der Waals surface area (Å²) in [6, 6.07) is 17.5. The topological polar surface area (TPSA) is 76.9 Å². The highest BCUT2D eigenvalue weighted by Gasteiger charge is 1.99. The molecule has 0 aliphatic heterocycles. The highest BCUT2D eigenvalue weighted by molar-refractivity contribution is 5.93. The van der Waals surface area contributed by atoms with Crippen LogP contribution in [0, 0.1) is 0 Å². The van der Waals surface area contributed by atoms with Gasteiger partial charge in [-0.15, -0.1) is 0 Å². The minimum Gasteiger partial charge on any atom is -0.489 e. The third-order valence-corrected chi connectivity index (χ3v) is 3.14. The quantitative estimate of drug-likeness (QED) is 0.635. The molecule has 120 valence electrons. The first-order valence-electron chi connectivity index (χ1n) is 7.30. The first-order valence-corrected chi connectivity index (χ1v) is 7.30. The fourth-order valence-electron chi connectivity index (χ4n) is 1.85. The van der Waals surface area contributed by atoms with Gasteiger partial charge in [-0.05, 0) is 17.7 Å². The van der Waals surface area contributed by atoms with Crippen molar-refractivity contribution < 1.29 is 4.74 Å². The maximum atomic E-state index is 5.89. The Morgan fingerprint density at radius 3 is 2.52 bits per heavy atom. The number of ether oxygens (including phenoxy) is 1. The summed E-state index contributed by atoms with van der Waals surface area (Å²) >= 11 is 0. The molecule has 0 aliphatic carbocycles. The molecule has 2 aromatic carbocycles. The zero-order chi connectivity index (χ0) is 16.7. The van der Waals surface area contributed by atoms with Crippen LogP contribution in [0.25, 0.3) is 0 Å². The average molecular weight is 310 g/mol. The fourth-order valence-corrected chi connectivity index (χ4v) is 1.85. The Morgan fingerprint density at radius 2 is 1.83 bits per heavy atom. The highest BCUT2D eigenvalue weighted by atomic mass is 16.5. The lowest BCUT2D eigenvalue weighted by Gasteiger charge is -2.11. The van der Waals surface area contributed by atoms with Gasteiger partial charge in [0.15, 0.2) is 0 Å².